The second-order valence-corrected chi connectivity index (χ2v) is 4.64. The van der Waals surface area contributed by atoms with Crippen LogP contribution in [0, 0.1) is 0 Å². The number of aromatic nitrogens is 3. The van der Waals surface area contributed by atoms with Gasteiger partial charge in [0.15, 0.2) is 0 Å². The standard InChI is InChI=1S/C10H10N4OS/c11-7-5-8(16-10-12-3-4-15-10)14-9(13-7)6-1-2-6/h3-6H,1-2H2,(H2,11,13,14). The topological polar surface area (TPSA) is 77.8 Å². The van der Waals surface area contributed by atoms with E-state index in [9.17, 15) is 0 Å². The molecule has 5 nitrogen and oxygen atoms in total. The van der Waals surface area contributed by atoms with Gasteiger partial charge in [-0.1, -0.05) is 0 Å². The van der Waals surface area contributed by atoms with E-state index in [2.05, 4.69) is 15.0 Å². The van der Waals surface area contributed by atoms with Crippen LogP contribution >= 0.6 is 11.8 Å². The first-order chi connectivity index (χ1) is 7.81. The first kappa shape index (κ1) is 9.65. The lowest BCUT2D eigenvalue weighted by atomic mass is 10.4. The van der Waals surface area contributed by atoms with E-state index in [0.717, 1.165) is 23.7 Å². The maximum absolute atomic E-state index is 5.74. The van der Waals surface area contributed by atoms with Crippen molar-refractivity contribution in [2.45, 2.75) is 29.0 Å². The third-order valence-electron chi connectivity index (χ3n) is 2.28. The van der Waals surface area contributed by atoms with Crippen LogP contribution < -0.4 is 5.73 Å². The first-order valence-electron chi connectivity index (χ1n) is 5.03. The van der Waals surface area contributed by atoms with Gasteiger partial charge in [-0.05, 0) is 24.6 Å². The van der Waals surface area contributed by atoms with Crippen molar-refractivity contribution < 1.29 is 4.42 Å². The number of nitrogens with zero attached hydrogens (tertiary/aromatic N) is 3. The molecule has 1 fully saturated rings. The lowest BCUT2D eigenvalue weighted by molar-refractivity contribution is 0.454. The largest absolute Gasteiger partial charge is 0.440 e. The summed E-state index contributed by atoms with van der Waals surface area (Å²) in [6.07, 6.45) is 5.46. The van der Waals surface area contributed by atoms with Crippen LogP contribution in [0.3, 0.4) is 0 Å². The molecule has 82 valence electrons. The molecule has 0 saturated heterocycles. The Labute approximate surface area is 96.5 Å². The van der Waals surface area contributed by atoms with Crippen molar-refractivity contribution in [3.05, 3.63) is 24.4 Å². The van der Waals surface area contributed by atoms with Gasteiger partial charge in [-0.25, -0.2) is 15.0 Å². The predicted octanol–water partition coefficient (Wildman–Crippen LogP) is 2.08. The van der Waals surface area contributed by atoms with Crippen molar-refractivity contribution in [2.24, 2.45) is 0 Å². The minimum atomic E-state index is 0.493. The number of rotatable bonds is 3. The molecule has 1 aliphatic carbocycles. The van der Waals surface area contributed by atoms with Gasteiger partial charge in [0, 0.05) is 12.0 Å². The van der Waals surface area contributed by atoms with Crippen molar-refractivity contribution in [1.29, 1.82) is 0 Å². The third kappa shape index (κ3) is 2.01. The Hall–Kier alpha value is -1.56. The summed E-state index contributed by atoms with van der Waals surface area (Å²) in [6, 6.07) is 1.74. The number of oxazole rings is 1. The highest BCUT2D eigenvalue weighted by molar-refractivity contribution is 7.99. The van der Waals surface area contributed by atoms with E-state index in [4.69, 9.17) is 10.2 Å². The minimum Gasteiger partial charge on any atom is -0.440 e. The molecule has 0 amide bonds. The van der Waals surface area contributed by atoms with Crippen LogP contribution in [0.2, 0.25) is 0 Å². The van der Waals surface area contributed by atoms with E-state index < -0.39 is 0 Å². The second kappa shape index (κ2) is 3.79. The molecule has 0 atom stereocenters. The SMILES string of the molecule is Nc1cc(Sc2ncco2)nc(C2CC2)n1. The molecule has 1 aliphatic rings. The molecule has 2 aromatic heterocycles. The molecule has 6 heteroatoms. The van der Waals surface area contributed by atoms with E-state index in [0.29, 0.717) is 17.0 Å². The summed E-state index contributed by atoms with van der Waals surface area (Å²) in [5.74, 6) is 1.84. The van der Waals surface area contributed by atoms with Crippen molar-refractivity contribution in [3.63, 3.8) is 0 Å². The highest BCUT2D eigenvalue weighted by Crippen LogP contribution is 2.39. The Kier molecular flexibility index (Phi) is 2.28. The Morgan fingerprint density at radius 1 is 1.38 bits per heavy atom. The molecular weight excluding hydrogens is 224 g/mol. The van der Waals surface area contributed by atoms with Crippen LogP contribution in [-0.2, 0) is 0 Å². The smallest absolute Gasteiger partial charge is 0.261 e. The Morgan fingerprint density at radius 2 is 2.25 bits per heavy atom. The molecule has 16 heavy (non-hydrogen) atoms. The molecule has 0 bridgehead atoms. The van der Waals surface area contributed by atoms with E-state index in [1.54, 1.807) is 12.3 Å². The van der Waals surface area contributed by atoms with Gasteiger partial charge >= 0.3 is 0 Å². The number of hydrogen-bond donors (Lipinski definition) is 1. The molecule has 0 unspecified atom stereocenters. The molecule has 0 spiro atoms. The van der Waals surface area contributed by atoms with E-state index >= 15 is 0 Å². The van der Waals surface area contributed by atoms with Crippen molar-refractivity contribution in [3.8, 4) is 0 Å². The van der Waals surface area contributed by atoms with Gasteiger partial charge in [-0.3, -0.25) is 0 Å². The summed E-state index contributed by atoms with van der Waals surface area (Å²) in [5, 5.41) is 1.36. The number of hydrogen-bond acceptors (Lipinski definition) is 6. The molecule has 0 aliphatic heterocycles. The van der Waals surface area contributed by atoms with Crippen molar-refractivity contribution >= 4 is 17.6 Å². The molecule has 2 heterocycles. The molecule has 2 N–H and O–H groups in total. The van der Waals surface area contributed by atoms with Gasteiger partial charge in [0.25, 0.3) is 5.22 Å². The van der Waals surface area contributed by atoms with Crippen LogP contribution in [0.1, 0.15) is 24.6 Å². The fourth-order valence-electron chi connectivity index (χ4n) is 1.39. The number of nitrogens with two attached hydrogens (primary N) is 1. The molecule has 3 rings (SSSR count). The summed E-state index contributed by atoms with van der Waals surface area (Å²) in [5.41, 5.74) is 5.74. The maximum Gasteiger partial charge on any atom is 0.261 e. The molecule has 0 aromatic carbocycles. The summed E-state index contributed by atoms with van der Waals surface area (Å²) < 4.78 is 5.14. The normalized spacial score (nSPS) is 15.2. The summed E-state index contributed by atoms with van der Waals surface area (Å²) in [7, 11) is 0. The zero-order valence-corrected chi connectivity index (χ0v) is 9.28. The summed E-state index contributed by atoms with van der Waals surface area (Å²) in [6.45, 7) is 0. The van der Waals surface area contributed by atoms with E-state index in [1.165, 1.54) is 18.0 Å². The zero-order valence-electron chi connectivity index (χ0n) is 8.46. The van der Waals surface area contributed by atoms with Gasteiger partial charge in [-0.15, -0.1) is 0 Å². The molecule has 0 radical (unpaired) electrons. The van der Waals surface area contributed by atoms with Crippen LogP contribution in [0.25, 0.3) is 0 Å². The highest BCUT2D eigenvalue weighted by atomic mass is 32.2. The van der Waals surface area contributed by atoms with Gasteiger partial charge < -0.3 is 10.2 Å². The lowest BCUT2D eigenvalue weighted by Gasteiger charge is -2.02. The molecule has 2 aromatic rings. The quantitative estimate of drug-likeness (QED) is 0.819. The van der Waals surface area contributed by atoms with Gasteiger partial charge in [0.1, 0.15) is 22.9 Å². The van der Waals surface area contributed by atoms with E-state index in [1.807, 2.05) is 0 Å². The second-order valence-electron chi connectivity index (χ2n) is 3.66. The van der Waals surface area contributed by atoms with Gasteiger partial charge in [0.2, 0.25) is 0 Å². The average Bonchev–Trinajstić information content (AvgIpc) is 2.98. The number of anilines is 1. The van der Waals surface area contributed by atoms with Crippen LogP contribution in [0.15, 0.2) is 33.2 Å². The predicted molar refractivity (Wildman–Crippen MR) is 59.0 cm³/mol. The van der Waals surface area contributed by atoms with Crippen molar-refractivity contribution in [1.82, 2.24) is 15.0 Å². The fourth-order valence-corrected chi connectivity index (χ4v) is 2.10. The molecule has 1 saturated carbocycles. The van der Waals surface area contributed by atoms with Crippen LogP contribution in [0.4, 0.5) is 5.82 Å². The van der Waals surface area contributed by atoms with Gasteiger partial charge in [0.05, 0.1) is 6.20 Å². The average molecular weight is 234 g/mol. The summed E-state index contributed by atoms with van der Waals surface area (Å²) in [4.78, 5) is 12.7. The van der Waals surface area contributed by atoms with E-state index in [-0.39, 0.29) is 0 Å². The molecular formula is C10H10N4OS. The zero-order chi connectivity index (χ0) is 11.0. The van der Waals surface area contributed by atoms with Crippen LogP contribution in [-0.4, -0.2) is 15.0 Å². The van der Waals surface area contributed by atoms with Crippen LogP contribution in [0.5, 0.6) is 0 Å². The Bertz CT molecular complexity index is 496. The first-order valence-corrected chi connectivity index (χ1v) is 5.85. The number of nitrogen functional groups attached to an aromatic ring is 1. The minimum absolute atomic E-state index is 0.493. The monoisotopic (exact) mass is 234 g/mol. The summed E-state index contributed by atoms with van der Waals surface area (Å²) >= 11 is 1.36. The Morgan fingerprint density at radius 3 is 2.94 bits per heavy atom. The third-order valence-corrected chi connectivity index (χ3v) is 3.08. The highest BCUT2D eigenvalue weighted by Gasteiger charge is 2.27. The lowest BCUT2D eigenvalue weighted by Crippen LogP contribution is -1.99. The Balaban J connectivity index is 1.88. The fraction of sp³-hybridized carbons (Fsp3) is 0.300. The van der Waals surface area contributed by atoms with Gasteiger partial charge in [-0.2, -0.15) is 0 Å². The van der Waals surface area contributed by atoms with Crippen molar-refractivity contribution in [2.75, 3.05) is 5.73 Å². The maximum atomic E-state index is 5.74.